The molecule has 2 aliphatic carbocycles. The third-order valence-electron chi connectivity index (χ3n) is 4.50. The fourth-order valence-electron chi connectivity index (χ4n) is 2.89. The van der Waals surface area contributed by atoms with E-state index in [9.17, 15) is 0 Å². The number of hydrogen-bond donors (Lipinski definition) is 2. The minimum absolute atomic E-state index is 0.861. The van der Waals surface area contributed by atoms with Crippen molar-refractivity contribution in [1.82, 2.24) is 15.5 Å². The maximum absolute atomic E-state index is 4.77. The molecule has 4 nitrogen and oxygen atoms in total. The number of nitrogens with one attached hydrogen (secondary N) is 2. The molecular formula is C18H30N4S. The Labute approximate surface area is 144 Å². The maximum Gasteiger partial charge on any atom is 0.191 e. The van der Waals surface area contributed by atoms with Crippen LogP contribution in [-0.4, -0.2) is 49.6 Å². The Balaban J connectivity index is 1.39. The number of nitrogens with zero attached hydrogens (tertiary/aromatic N) is 2. The van der Waals surface area contributed by atoms with Gasteiger partial charge in [0.25, 0.3) is 0 Å². The molecule has 1 aromatic rings. The molecular weight excluding hydrogens is 304 g/mol. The van der Waals surface area contributed by atoms with E-state index in [1.54, 1.807) is 0 Å². The fraction of sp³-hybridized carbons (Fsp3) is 0.722. The highest BCUT2D eigenvalue weighted by molar-refractivity contribution is 7.09. The summed E-state index contributed by atoms with van der Waals surface area (Å²) in [6, 6.07) is 5.17. The topological polar surface area (TPSA) is 39.7 Å². The minimum Gasteiger partial charge on any atom is -0.357 e. The molecule has 23 heavy (non-hydrogen) atoms. The number of rotatable bonds is 10. The Morgan fingerprint density at radius 2 is 2.17 bits per heavy atom. The molecule has 0 atom stereocenters. The molecule has 2 fully saturated rings. The fourth-order valence-corrected chi connectivity index (χ4v) is 3.59. The SMILES string of the molecule is CCNC(=NCCN(CC1CC1)C1CC1)NCCc1cccs1. The van der Waals surface area contributed by atoms with Crippen molar-refractivity contribution in [3.05, 3.63) is 22.4 Å². The van der Waals surface area contributed by atoms with Crippen LogP contribution in [0.5, 0.6) is 0 Å². The van der Waals surface area contributed by atoms with Gasteiger partial charge in [-0.15, -0.1) is 11.3 Å². The summed E-state index contributed by atoms with van der Waals surface area (Å²) >= 11 is 1.82. The summed E-state index contributed by atoms with van der Waals surface area (Å²) in [5.41, 5.74) is 0. The van der Waals surface area contributed by atoms with Gasteiger partial charge in [0.2, 0.25) is 0 Å². The summed E-state index contributed by atoms with van der Waals surface area (Å²) in [4.78, 5) is 8.87. The Hall–Kier alpha value is -1.07. The average Bonchev–Trinajstić information content (AvgIpc) is 3.47. The number of hydrogen-bond acceptors (Lipinski definition) is 3. The Bertz CT molecular complexity index is 477. The molecule has 0 aromatic carbocycles. The predicted octanol–water partition coefficient (Wildman–Crippen LogP) is 2.72. The van der Waals surface area contributed by atoms with Crippen molar-refractivity contribution in [3.8, 4) is 0 Å². The zero-order valence-electron chi connectivity index (χ0n) is 14.3. The van der Waals surface area contributed by atoms with Gasteiger partial charge >= 0.3 is 0 Å². The second-order valence-corrected chi connectivity index (χ2v) is 7.72. The zero-order valence-corrected chi connectivity index (χ0v) is 15.1. The maximum atomic E-state index is 4.77. The van der Waals surface area contributed by atoms with E-state index < -0.39 is 0 Å². The van der Waals surface area contributed by atoms with Gasteiger partial charge in [-0.2, -0.15) is 0 Å². The average molecular weight is 335 g/mol. The molecule has 2 N–H and O–H groups in total. The van der Waals surface area contributed by atoms with Crippen molar-refractivity contribution < 1.29 is 0 Å². The van der Waals surface area contributed by atoms with Crippen LogP contribution in [0.15, 0.2) is 22.5 Å². The van der Waals surface area contributed by atoms with E-state index >= 15 is 0 Å². The van der Waals surface area contributed by atoms with Crippen molar-refractivity contribution in [1.29, 1.82) is 0 Å². The van der Waals surface area contributed by atoms with E-state index in [0.29, 0.717) is 0 Å². The van der Waals surface area contributed by atoms with Crippen LogP contribution in [0.1, 0.15) is 37.5 Å². The Morgan fingerprint density at radius 3 is 2.83 bits per heavy atom. The number of thiophene rings is 1. The van der Waals surface area contributed by atoms with Gasteiger partial charge in [-0.1, -0.05) is 6.07 Å². The molecule has 1 aromatic heterocycles. The van der Waals surface area contributed by atoms with Gasteiger partial charge in [-0.3, -0.25) is 9.89 Å². The van der Waals surface area contributed by atoms with E-state index in [1.807, 2.05) is 11.3 Å². The molecule has 0 saturated heterocycles. The summed E-state index contributed by atoms with van der Waals surface area (Å²) < 4.78 is 0. The number of aliphatic imine (C=N–C) groups is 1. The van der Waals surface area contributed by atoms with Gasteiger partial charge < -0.3 is 10.6 Å². The van der Waals surface area contributed by atoms with Crippen molar-refractivity contribution >= 4 is 17.3 Å². The van der Waals surface area contributed by atoms with Gasteiger partial charge in [-0.25, -0.2) is 0 Å². The molecule has 2 aliphatic rings. The highest BCUT2D eigenvalue weighted by Gasteiger charge is 2.33. The summed E-state index contributed by atoms with van der Waals surface area (Å²) in [5, 5.41) is 8.96. The summed E-state index contributed by atoms with van der Waals surface area (Å²) in [6.45, 7) is 7.31. The highest BCUT2D eigenvalue weighted by Crippen LogP contribution is 2.34. The quantitative estimate of drug-likeness (QED) is 0.510. The second-order valence-electron chi connectivity index (χ2n) is 6.69. The molecule has 0 spiro atoms. The molecule has 1 heterocycles. The summed E-state index contributed by atoms with van der Waals surface area (Å²) in [5.74, 6) is 1.95. The largest absolute Gasteiger partial charge is 0.357 e. The van der Waals surface area contributed by atoms with Crippen LogP contribution in [0.3, 0.4) is 0 Å². The van der Waals surface area contributed by atoms with Crippen LogP contribution < -0.4 is 10.6 Å². The van der Waals surface area contributed by atoms with Gasteiger partial charge in [0, 0.05) is 37.1 Å². The smallest absolute Gasteiger partial charge is 0.191 e. The molecule has 3 rings (SSSR count). The third-order valence-corrected chi connectivity index (χ3v) is 5.43. The van der Waals surface area contributed by atoms with Gasteiger partial charge in [0.1, 0.15) is 0 Å². The highest BCUT2D eigenvalue weighted by atomic mass is 32.1. The molecule has 0 unspecified atom stereocenters. The van der Waals surface area contributed by atoms with Crippen LogP contribution in [-0.2, 0) is 6.42 Å². The van der Waals surface area contributed by atoms with Crippen LogP contribution in [0.4, 0.5) is 0 Å². The molecule has 0 radical (unpaired) electrons. The lowest BCUT2D eigenvalue weighted by atomic mass is 10.3. The van der Waals surface area contributed by atoms with Gasteiger partial charge in [-0.05, 0) is 56.4 Å². The van der Waals surface area contributed by atoms with Crippen LogP contribution >= 0.6 is 11.3 Å². The number of guanidine groups is 1. The lowest BCUT2D eigenvalue weighted by molar-refractivity contribution is 0.260. The van der Waals surface area contributed by atoms with Gasteiger partial charge in [0.05, 0.1) is 6.54 Å². The van der Waals surface area contributed by atoms with Crippen molar-refractivity contribution in [2.75, 3.05) is 32.7 Å². The predicted molar refractivity (Wildman–Crippen MR) is 99.3 cm³/mol. The van der Waals surface area contributed by atoms with Crippen LogP contribution in [0, 0.1) is 5.92 Å². The monoisotopic (exact) mass is 334 g/mol. The standard InChI is InChI=1S/C18H30N4S/c1-2-19-18(20-10-9-17-4-3-13-23-17)21-11-12-22(16-7-8-16)14-15-5-6-15/h3-4,13,15-16H,2,5-12,14H2,1H3,(H2,19,20,21). The van der Waals surface area contributed by atoms with Crippen LogP contribution in [0.2, 0.25) is 0 Å². The van der Waals surface area contributed by atoms with E-state index in [1.165, 1.54) is 37.1 Å². The van der Waals surface area contributed by atoms with Crippen molar-refractivity contribution in [2.24, 2.45) is 10.9 Å². The lowest BCUT2D eigenvalue weighted by Crippen LogP contribution is -2.39. The first-order chi connectivity index (χ1) is 11.3. The summed E-state index contributed by atoms with van der Waals surface area (Å²) in [7, 11) is 0. The molecule has 128 valence electrons. The zero-order chi connectivity index (χ0) is 15.9. The minimum atomic E-state index is 0.861. The Kier molecular flexibility index (Phi) is 6.34. The van der Waals surface area contributed by atoms with E-state index in [2.05, 4.69) is 40.0 Å². The molecule has 2 saturated carbocycles. The summed E-state index contributed by atoms with van der Waals surface area (Å²) in [6.07, 6.45) is 6.75. The second kappa shape index (κ2) is 8.69. The third kappa shape index (κ3) is 6.15. The normalized spacial score (nSPS) is 18.4. The van der Waals surface area contributed by atoms with E-state index in [0.717, 1.165) is 50.5 Å². The molecule has 5 heteroatoms. The van der Waals surface area contributed by atoms with Crippen molar-refractivity contribution in [2.45, 2.75) is 45.1 Å². The Morgan fingerprint density at radius 1 is 1.30 bits per heavy atom. The first-order valence-electron chi connectivity index (χ1n) is 9.13. The lowest BCUT2D eigenvalue weighted by Gasteiger charge is -2.21. The molecule has 0 amide bonds. The molecule has 0 bridgehead atoms. The van der Waals surface area contributed by atoms with Crippen LogP contribution in [0.25, 0.3) is 0 Å². The van der Waals surface area contributed by atoms with Gasteiger partial charge in [0.15, 0.2) is 5.96 Å². The first kappa shape index (κ1) is 16.8. The molecule has 0 aliphatic heterocycles. The van der Waals surface area contributed by atoms with Crippen molar-refractivity contribution in [3.63, 3.8) is 0 Å². The van der Waals surface area contributed by atoms with E-state index in [-0.39, 0.29) is 0 Å². The first-order valence-corrected chi connectivity index (χ1v) is 10.0. The van der Waals surface area contributed by atoms with E-state index in [4.69, 9.17) is 4.99 Å².